The number of methoxy groups -OCH3 is 1. The molecule has 3 aromatic rings. The van der Waals surface area contributed by atoms with Crippen molar-refractivity contribution in [1.82, 2.24) is 5.43 Å². The number of benzene rings is 2. The van der Waals surface area contributed by atoms with Gasteiger partial charge in [-0.1, -0.05) is 30.3 Å². The Morgan fingerprint density at radius 2 is 1.82 bits per heavy atom. The molecule has 7 nitrogen and oxygen atoms in total. The van der Waals surface area contributed by atoms with Crippen molar-refractivity contribution in [1.29, 1.82) is 0 Å². The van der Waals surface area contributed by atoms with Crippen molar-refractivity contribution in [2.24, 2.45) is 5.10 Å². The first-order valence-corrected chi connectivity index (χ1v) is 10.5. The average Bonchev–Trinajstić information content (AvgIpc) is 3.24. The minimum absolute atomic E-state index is 0.153. The van der Waals surface area contributed by atoms with E-state index < -0.39 is 15.9 Å². The van der Waals surface area contributed by atoms with Gasteiger partial charge in [0.25, 0.3) is 15.9 Å². The molecule has 2 N–H and O–H groups in total. The predicted octanol–water partition coefficient (Wildman–Crippen LogP) is 3.32. The summed E-state index contributed by atoms with van der Waals surface area (Å²) in [6.07, 6.45) is 1.45. The molecule has 0 unspecified atom stereocenters. The van der Waals surface area contributed by atoms with E-state index in [-0.39, 0.29) is 15.5 Å². The number of rotatable bonds is 7. The van der Waals surface area contributed by atoms with Gasteiger partial charge >= 0.3 is 0 Å². The molecule has 0 saturated carbocycles. The molecule has 0 aliphatic rings. The third-order valence-electron chi connectivity index (χ3n) is 3.68. The molecule has 0 spiro atoms. The molecule has 3 rings (SSSR count). The molecular formula is C19H17N3O4S2. The minimum atomic E-state index is -3.76. The van der Waals surface area contributed by atoms with Gasteiger partial charge in [-0.2, -0.15) is 5.10 Å². The maximum atomic E-state index is 12.5. The Labute approximate surface area is 166 Å². The first-order valence-electron chi connectivity index (χ1n) is 8.13. The number of anilines is 1. The number of nitrogens with zero attached hydrogens (tertiary/aromatic N) is 1. The molecule has 0 radical (unpaired) electrons. The molecule has 0 fully saturated rings. The summed E-state index contributed by atoms with van der Waals surface area (Å²) >= 11 is 1.09. The minimum Gasteiger partial charge on any atom is -0.496 e. The molecule has 1 amide bonds. The van der Waals surface area contributed by atoms with E-state index in [9.17, 15) is 13.2 Å². The second-order valence-electron chi connectivity index (χ2n) is 5.52. The van der Waals surface area contributed by atoms with Crippen LogP contribution < -0.4 is 14.9 Å². The number of amides is 1. The standard InChI is InChI=1S/C19H17N3O4S2/c1-26-17-10-5-2-7-14(17)13-20-21-19(23)15-8-3-4-9-16(15)22-28(24,25)18-11-6-12-27-18/h2-13,22H,1H3,(H,21,23). The monoisotopic (exact) mass is 415 g/mol. The Hall–Kier alpha value is -3.17. The smallest absolute Gasteiger partial charge is 0.273 e. The lowest BCUT2D eigenvalue weighted by Gasteiger charge is -2.10. The maximum absolute atomic E-state index is 12.5. The van der Waals surface area contributed by atoms with Gasteiger partial charge in [0, 0.05) is 5.56 Å². The highest BCUT2D eigenvalue weighted by atomic mass is 32.2. The lowest BCUT2D eigenvalue weighted by atomic mass is 10.2. The predicted molar refractivity (Wildman–Crippen MR) is 110 cm³/mol. The Morgan fingerprint density at radius 3 is 2.57 bits per heavy atom. The Balaban J connectivity index is 1.77. The lowest BCUT2D eigenvalue weighted by Crippen LogP contribution is -2.21. The molecule has 0 atom stereocenters. The van der Waals surface area contributed by atoms with E-state index in [0.717, 1.165) is 11.3 Å². The van der Waals surface area contributed by atoms with Gasteiger partial charge in [0.1, 0.15) is 9.96 Å². The summed E-state index contributed by atoms with van der Waals surface area (Å²) in [5.74, 6) is 0.0697. The summed E-state index contributed by atoms with van der Waals surface area (Å²) in [7, 11) is -2.22. The molecule has 144 valence electrons. The van der Waals surface area contributed by atoms with Crippen LogP contribution in [0.1, 0.15) is 15.9 Å². The highest BCUT2D eigenvalue weighted by Crippen LogP contribution is 2.23. The molecule has 0 aliphatic heterocycles. The van der Waals surface area contributed by atoms with Gasteiger partial charge in [0.15, 0.2) is 0 Å². The molecule has 9 heteroatoms. The van der Waals surface area contributed by atoms with Crippen LogP contribution >= 0.6 is 11.3 Å². The number of carbonyl (C=O) groups excluding carboxylic acids is 1. The first-order chi connectivity index (χ1) is 13.5. The Bertz CT molecular complexity index is 1090. The fraction of sp³-hybridized carbons (Fsp3) is 0.0526. The first kappa shape index (κ1) is 19.6. The largest absolute Gasteiger partial charge is 0.496 e. The molecular weight excluding hydrogens is 398 g/mol. The van der Waals surface area contributed by atoms with Crippen molar-refractivity contribution in [2.45, 2.75) is 4.21 Å². The van der Waals surface area contributed by atoms with Gasteiger partial charge in [-0.3, -0.25) is 9.52 Å². The van der Waals surface area contributed by atoms with Crippen LogP contribution in [-0.4, -0.2) is 27.6 Å². The van der Waals surface area contributed by atoms with E-state index >= 15 is 0 Å². The second-order valence-corrected chi connectivity index (χ2v) is 8.38. The van der Waals surface area contributed by atoms with Crippen molar-refractivity contribution in [3.63, 3.8) is 0 Å². The van der Waals surface area contributed by atoms with Crippen molar-refractivity contribution in [2.75, 3.05) is 11.8 Å². The van der Waals surface area contributed by atoms with Gasteiger partial charge in [-0.25, -0.2) is 13.8 Å². The van der Waals surface area contributed by atoms with Gasteiger partial charge in [-0.15, -0.1) is 11.3 Å². The highest BCUT2D eigenvalue weighted by Gasteiger charge is 2.19. The molecule has 0 aliphatic carbocycles. The normalized spacial score (nSPS) is 11.3. The summed E-state index contributed by atoms with van der Waals surface area (Å²) in [4.78, 5) is 12.5. The van der Waals surface area contributed by atoms with Gasteiger partial charge in [-0.05, 0) is 35.7 Å². The third-order valence-corrected chi connectivity index (χ3v) is 6.45. The third kappa shape index (κ3) is 4.56. The fourth-order valence-corrected chi connectivity index (χ4v) is 4.45. The van der Waals surface area contributed by atoms with E-state index in [2.05, 4.69) is 15.2 Å². The molecule has 0 bridgehead atoms. The van der Waals surface area contributed by atoms with Crippen LogP contribution in [0.2, 0.25) is 0 Å². The van der Waals surface area contributed by atoms with Crippen molar-refractivity contribution >= 4 is 39.2 Å². The van der Waals surface area contributed by atoms with E-state index in [1.807, 2.05) is 12.1 Å². The molecule has 2 aromatic carbocycles. The second kappa shape index (κ2) is 8.68. The number of nitrogens with one attached hydrogen (secondary N) is 2. The zero-order valence-electron chi connectivity index (χ0n) is 14.8. The highest BCUT2D eigenvalue weighted by molar-refractivity contribution is 7.94. The van der Waals surface area contributed by atoms with Crippen LogP contribution in [0.25, 0.3) is 0 Å². The van der Waals surface area contributed by atoms with E-state index in [1.165, 1.54) is 24.4 Å². The van der Waals surface area contributed by atoms with E-state index in [0.29, 0.717) is 11.3 Å². The van der Waals surface area contributed by atoms with Crippen LogP contribution in [0.5, 0.6) is 5.75 Å². The molecule has 28 heavy (non-hydrogen) atoms. The van der Waals surface area contributed by atoms with Gasteiger partial charge in [0.2, 0.25) is 0 Å². The number of para-hydroxylation sites is 2. The summed E-state index contributed by atoms with van der Waals surface area (Å²) in [5, 5.41) is 5.60. The summed E-state index contributed by atoms with van der Waals surface area (Å²) < 4.78 is 32.7. The Morgan fingerprint density at radius 1 is 1.07 bits per heavy atom. The molecule has 1 heterocycles. The number of hydrogen-bond donors (Lipinski definition) is 2. The number of sulfonamides is 1. The number of thiophene rings is 1. The molecule has 0 saturated heterocycles. The Kier molecular flexibility index (Phi) is 6.07. The van der Waals surface area contributed by atoms with E-state index in [4.69, 9.17) is 4.74 Å². The van der Waals surface area contributed by atoms with Crippen LogP contribution in [0.3, 0.4) is 0 Å². The van der Waals surface area contributed by atoms with E-state index in [1.54, 1.807) is 42.8 Å². The van der Waals surface area contributed by atoms with Gasteiger partial charge < -0.3 is 4.74 Å². The fourth-order valence-electron chi connectivity index (χ4n) is 2.38. The van der Waals surface area contributed by atoms with Crippen molar-refractivity contribution in [3.8, 4) is 5.75 Å². The molecule has 1 aromatic heterocycles. The number of carbonyl (C=O) groups is 1. The number of hydrazone groups is 1. The maximum Gasteiger partial charge on any atom is 0.273 e. The van der Waals surface area contributed by atoms with Crippen molar-refractivity contribution < 1.29 is 17.9 Å². The number of ether oxygens (including phenoxy) is 1. The van der Waals surface area contributed by atoms with Crippen LogP contribution in [-0.2, 0) is 10.0 Å². The number of hydrogen-bond acceptors (Lipinski definition) is 6. The SMILES string of the molecule is COc1ccccc1C=NNC(=O)c1ccccc1NS(=O)(=O)c1cccs1. The zero-order chi connectivity index (χ0) is 20.0. The van der Waals surface area contributed by atoms with Crippen LogP contribution in [0.4, 0.5) is 5.69 Å². The summed E-state index contributed by atoms with van der Waals surface area (Å²) in [5.41, 5.74) is 3.41. The lowest BCUT2D eigenvalue weighted by molar-refractivity contribution is 0.0956. The topological polar surface area (TPSA) is 96.9 Å². The summed E-state index contributed by atoms with van der Waals surface area (Å²) in [6, 6.07) is 16.7. The average molecular weight is 415 g/mol. The van der Waals surface area contributed by atoms with Crippen LogP contribution in [0, 0.1) is 0 Å². The van der Waals surface area contributed by atoms with Crippen molar-refractivity contribution in [3.05, 3.63) is 77.2 Å². The van der Waals surface area contributed by atoms with Gasteiger partial charge in [0.05, 0.1) is 24.6 Å². The summed E-state index contributed by atoms with van der Waals surface area (Å²) in [6.45, 7) is 0. The zero-order valence-corrected chi connectivity index (χ0v) is 16.5. The van der Waals surface area contributed by atoms with Crippen LogP contribution in [0.15, 0.2) is 75.4 Å². The quantitative estimate of drug-likeness (QED) is 0.457.